The van der Waals surface area contributed by atoms with Gasteiger partial charge in [0.1, 0.15) is 10.8 Å². The first kappa shape index (κ1) is 23.0. The third-order valence-corrected chi connectivity index (χ3v) is 6.22. The van der Waals surface area contributed by atoms with Gasteiger partial charge in [-0.3, -0.25) is 4.79 Å². The van der Waals surface area contributed by atoms with E-state index in [0.717, 1.165) is 0 Å². The number of hydrogen-bond acceptors (Lipinski definition) is 3. The van der Waals surface area contributed by atoms with Crippen LogP contribution in [0.4, 0.5) is 24.7 Å². The summed E-state index contributed by atoms with van der Waals surface area (Å²) in [4.78, 5) is 12.8. The first-order chi connectivity index (χ1) is 15.1. The van der Waals surface area contributed by atoms with Gasteiger partial charge in [0.25, 0.3) is 5.91 Å². The van der Waals surface area contributed by atoms with Gasteiger partial charge in [-0.05, 0) is 29.8 Å². The smallest absolute Gasteiger partial charge is 0.362 e. The number of hydrogen-bond donors (Lipinski definition) is 2. The normalized spacial score (nSPS) is 18.1. The number of amides is 1. The van der Waals surface area contributed by atoms with E-state index in [0.29, 0.717) is 15.3 Å². The molecule has 0 unspecified atom stereocenters. The lowest BCUT2D eigenvalue weighted by Gasteiger charge is -2.33. The Morgan fingerprint density at radius 2 is 1.69 bits per heavy atom. The van der Waals surface area contributed by atoms with Gasteiger partial charge in [0.15, 0.2) is 11.7 Å². The molecule has 3 aromatic rings. The van der Waals surface area contributed by atoms with Gasteiger partial charge >= 0.3 is 6.18 Å². The predicted octanol–water partition coefficient (Wildman–Crippen LogP) is 7.41. The van der Waals surface area contributed by atoms with Crippen LogP contribution in [0.15, 0.2) is 42.5 Å². The lowest BCUT2D eigenvalue weighted by atomic mass is 9.97. The van der Waals surface area contributed by atoms with Crippen LogP contribution in [0.1, 0.15) is 34.6 Å². The zero-order valence-electron chi connectivity index (χ0n) is 15.9. The number of carbonyl (C=O) groups excluding carboxylic acids is 1. The van der Waals surface area contributed by atoms with Crippen molar-refractivity contribution < 1.29 is 18.0 Å². The van der Waals surface area contributed by atoms with Crippen LogP contribution >= 0.6 is 46.4 Å². The Bertz CT molecular complexity index is 1160. The van der Waals surface area contributed by atoms with Gasteiger partial charge in [0.05, 0.1) is 21.8 Å². The standard InChI is InChI=1S/C20H13Cl4F3N4O/c21-10-6-4-9(5-7-10)13-8-14(20(25,26)27)31-18(28-13)15(24)17(30-31)19(32)29-16-11(22)2-1-3-12(16)23/h1-7,13-14,28H,8H2,(H,29,32)/t13-,14-/m0/s1. The fraction of sp³-hybridized carbons (Fsp3) is 0.200. The minimum absolute atomic E-state index is 0.0993. The lowest BCUT2D eigenvalue weighted by molar-refractivity contribution is -0.173. The molecule has 2 heterocycles. The van der Waals surface area contributed by atoms with E-state index in [1.54, 1.807) is 30.3 Å². The molecule has 0 radical (unpaired) electrons. The van der Waals surface area contributed by atoms with Crippen LogP contribution in [-0.2, 0) is 0 Å². The van der Waals surface area contributed by atoms with Gasteiger partial charge in [-0.15, -0.1) is 0 Å². The molecule has 1 aliphatic rings. The molecule has 168 valence electrons. The van der Waals surface area contributed by atoms with Crippen LogP contribution in [-0.4, -0.2) is 21.9 Å². The largest absolute Gasteiger partial charge is 0.410 e. The van der Waals surface area contributed by atoms with Crippen LogP contribution in [0.2, 0.25) is 20.1 Å². The quantitative estimate of drug-likeness (QED) is 0.375. The predicted molar refractivity (Wildman–Crippen MR) is 119 cm³/mol. The molecule has 4 rings (SSSR count). The van der Waals surface area contributed by atoms with Crippen LogP contribution in [0.3, 0.4) is 0 Å². The number of fused-ring (bicyclic) bond motifs is 1. The van der Waals surface area contributed by atoms with Gasteiger partial charge in [0.2, 0.25) is 0 Å². The van der Waals surface area contributed by atoms with E-state index in [1.807, 2.05) is 0 Å². The van der Waals surface area contributed by atoms with E-state index < -0.39 is 29.9 Å². The molecular weight excluding hydrogens is 511 g/mol. The molecule has 2 aromatic carbocycles. The molecule has 0 fully saturated rings. The Hall–Kier alpha value is -2.13. The maximum absolute atomic E-state index is 13.9. The minimum atomic E-state index is -4.63. The Kier molecular flexibility index (Phi) is 6.24. The molecule has 5 nitrogen and oxygen atoms in total. The van der Waals surface area contributed by atoms with Crippen molar-refractivity contribution in [1.29, 1.82) is 0 Å². The first-order valence-corrected chi connectivity index (χ1v) is 10.7. The monoisotopic (exact) mass is 522 g/mol. The van der Waals surface area contributed by atoms with Crippen molar-refractivity contribution >= 4 is 63.8 Å². The van der Waals surface area contributed by atoms with E-state index in [4.69, 9.17) is 46.4 Å². The Balaban J connectivity index is 1.72. The minimum Gasteiger partial charge on any atom is -0.362 e. The molecule has 2 atom stereocenters. The van der Waals surface area contributed by atoms with Crippen LogP contribution in [0, 0.1) is 0 Å². The summed E-state index contributed by atoms with van der Waals surface area (Å²) >= 11 is 24.3. The highest BCUT2D eigenvalue weighted by molar-refractivity contribution is 6.40. The van der Waals surface area contributed by atoms with E-state index in [9.17, 15) is 18.0 Å². The molecule has 0 saturated carbocycles. The molecular formula is C20H13Cl4F3N4O. The highest BCUT2D eigenvalue weighted by Crippen LogP contribution is 2.46. The highest BCUT2D eigenvalue weighted by Gasteiger charge is 2.47. The van der Waals surface area contributed by atoms with Gasteiger partial charge < -0.3 is 10.6 Å². The van der Waals surface area contributed by atoms with Crippen molar-refractivity contribution in [2.24, 2.45) is 0 Å². The number of aromatic nitrogens is 2. The molecule has 0 spiro atoms. The summed E-state index contributed by atoms with van der Waals surface area (Å²) in [6.45, 7) is 0. The summed E-state index contributed by atoms with van der Waals surface area (Å²) in [6, 6.07) is 8.28. The summed E-state index contributed by atoms with van der Waals surface area (Å²) in [6.07, 6.45) is -4.98. The summed E-state index contributed by atoms with van der Waals surface area (Å²) in [7, 11) is 0. The number of halogens is 7. The average molecular weight is 524 g/mol. The van der Waals surface area contributed by atoms with Crippen molar-refractivity contribution in [3.8, 4) is 0 Å². The van der Waals surface area contributed by atoms with Crippen molar-refractivity contribution in [2.45, 2.75) is 24.7 Å². The summed E-state index contributed by atoms with van der Waals surface area (Å²) in [5.74, 6) is -0.965. The SMILES string of the molecule is O=C(Nc1c(Cl)cccc1Cl)c1nn2c(c1Cl)N[C@H](c1ccc(Cl)cc1)C[C@H]2C(F)(F)F. The number of anilines is 2. The average Bonchev–Trinajstić information content (AvgIpc) is 3.06. The van der Waals surface area contributed by atoms with Crippen molar-refractivity contribution in [1.82, 2.24) is 9.78 Å². The van der Waals surface area contributed by atoms with Gasteiger partial charge in [-0.1, -0.05) is 64.6 Å². The summed E-state index contributed by atoms with van der Waals surface area (Å²) in [5, 5.41) is 9.81. The number of nitrogens with zero attached hydrogens (tertiary/aromatic N) is 2. The third-order valence-electron chi connectivity index (χ3n) is 4.98. The second-order valence-corrected chi connectivity index (χ2v) is 8.68. The zero-order chi connectivity index (χ0) is 23.2. The van der Waals surface area contributed by atoms with Gasteiger partial charge in [-0.2, -0.15) is 18.3 Å². The number of carbonyl (C=O) groups is 1. The fourth-order valence-corrected chi connectivity index (χ4v) is 4.32. The maximum Gasteiger partial charge on any atom is 0.410 e. The Morgan fingerprint density at radius 3 is 2.28 bits per heavy atom. The molecule has 0 saturated heterocycles. The zero-order valence-corrected chi connectivity index (χ0v) is 18.9. The van der Waals surface area contributed by atoms with E-state index in [-0.39, 0.29) is 33.0 Å². The number of nitrogens with one attached hydrogen (secondary N) is 2. The Labute approximate surface area is 200 Å². The van der Waals surface area contributed by atoms with Crippen molar-refractivity contribution in [3.05, 3.63) is 73.8 Å². The first-order valence-electron chi connectivity index (χ1n) is 9.18. The van der Waals surface area contributed by atoms with Crippen molar-refractivity contribution in [2.75, 3.05) is 10.6 Å². The number of alkyl halides is 3. The summed E-state index contributed by atoms with van der Waals surface area (Å²) < 4.78 is 42.3. The van der Waals surface area contributed by atoms with E-state index >= 15 is 0 Å². The number of rotatable bonds is 3. The molecule has 0 bridgehead atoms. The second kappa shape index (κ2) is 8.67. The van der Waals surface area contributed by atoms with E-state index in [2.05, 4.69) is 15.7 Å². The van der Waals surface area contributed by atoms with Crippen molar-refractivity contribution in [3.63, 3.8) is 0 Å². The molecule has 12 heteroatoms. The van der Waals surface area contributed by atoms with Crippen LogP contribution in [0.25, 0.3) is 0 Å². The van der Waals surface area contributed by atoms with Crippen LogP contribution in [0.5, 0.6) is 0 Å². The third kappa shape index (κ3) is 4.37. The summed E-state index contributed by atoms with van der Waals surface area (Å²) in [5.41, 5.74) is 0.291. The molecule has 32 heavy (non-hydrogen) atoms. The second-order valence-electron chi connectivity index (χ2n) is 7.05. The lowest BCUT2D eigenvalue weighted by Crippen LogP contribution is -2.35. The number of para-hydroxylation sites is 1. The fourth-order valence-electron chi connectivity index (χ4n) is 3.44. The van der Waals surface area contributed by atoms with Gasteiger partial charge in [-0.25, -0.2) is 4.68 Å². The maximum atomic E-state index is 13.9. The molecule has 2 N–H and O–H groups in total. The van der Waals surface area contributed by atoms with E-state index in [1.165, 1.54) is 12.1 Å². The van der Waals surface area contributed by atoms with Gasteiger partial charge in [0, 0.05) is 11.4 Å². The molecule has 1 aromatic heterocycles. The highest BCUT2D eigenvalue weighted by atomic mass is 35.5. The molecule has 1 aliphatic heterocycles. The topological polar surface area (TPSA) is 59.0 Å². The Morgan fingerprint density at radius 1 is 1.06 bits per heavy atom. The molecule has 1 amide bonds. The number of benzene rings is 2. The van der Waals surface area contributed by atoms with Crippen LogP contribution < -0.4 is 10.6 Å². The molecule has 0 aliphatic carbocycles.